The van der Waals surface area contributed by atoms with Gasteiger partial charge in [-0.1, -0.05) is 6.92 Å². The lowest BCUT2D eigenvalue weighted by Crippen LogP contribution is -3.11. The number of likely N-dealkylation sites (N-methyl/N-ethyl adjacent to an activating group) is 2. The molecule has 0 radical (unpaired) electrons. The van der Waals surface area contributed by atoms with Crippen molar-refractivity contribution in [1.82, 2.24) is 4.90 Å². The summed E-state index contributed by atoms with van der Waals surface area (Å²) in [5.74, 6) is 0. The molecule has 0 spiro atoms. The molecule has 5 heteroatoms. The van der Waals surface area contributed by atoms with Gasteiger partial charge in [-0.15, -0.1) is 0 Å². The smallest absolute Gasteiger partial charge is 0.251 e. The summed E-state index contributed by atoms with van der Waals surface area (Å²) in [5, 5.41) is 9.42. The standard InChI is InChI=1S/C7H16N2.C4H8O3/c1-6-5-8(3)7(2)9(6)4;1-2-3-7-4(5)6/h6-7H,5H2,1-4H3;2-3H2,1H3,(H,5,6). The quantitative estimate of drug-likeness (QED) is 0.617. The van der Waals surface area contributed by atoms with Gasteiger partial charge in [0.2, 0.25) is 0 Å². The van der Waals surface area contributed by atoms with E-state index >= 15 is 0 Å². The van der Waals surface area contributed by atoms with E-state index in [2.05, 4.69) is 37.6 Å². The minimum Gasteiger partial charge on any atom is -0.550 e. The third-order valence-electron chi connectivity index (χ3n) is 3.06. The summed E-state index contributed by atoms with van der Waals surface area (Å²) in [4.78, 5) is 13.5. The van der Waals surface area contributed by atoms with Crippen molar-refractivity contribution >= 4 is 6.16 Å². The highest BCUT2D eigenvalue weighted by atomic mass is 16.7. The molecule has 1 N–H and O–H groups in total. The maximum Gasteiger partial charge on any atom is 0.251 e. The largest absolute Gasteiger partial charge is 0.550 e. The van der Waals surface area contributed by atoms with Crippen molar-refractivity contribution in [3.63, 3.8) is 0 Å². The van der Waals surface area contributed by atoms with Crippen LogP contribution in [0.25, 0.3) is 0 Å². The van der Waals surface area contributed by atoms with Gasteiger partial charge >= 0.3 is 0 Å². The minimum absolute atomic E-state index is 0.238. The maximum absolute atomic E-state index is 9.42. The van der Waals surface area contributed by atoms with E-state index < -0.39 is 6.16 Å². The molecule has 3 atom stereocenters. The van der Waals surface area contributed by atoms with Crippen molar-refractivity contribution in [1.29, 1.82) is 0 Å². The van der Waals surface area contributed by atoms with Crippen LogP contribution in [0.5, 0.6) is 0 Å². The Hall–Kier alpha value is -0.810. The molecule has 0 aromatic carbocycles. The van der Waals surface area contributed by atoms with Crippen LogP contribution in [0.4, 0.5) is 4.79 Å². The summed E-state index contributed by atoms with van der Waals surface area (Å²) < 4.78 is 4.00. The van der Waals surface area contributed by atoms with Crippen LogP contribution in [-0.4, -0.2) is 50.5 Å². The first kappa shape index (κ1) is 15.2. The molecular weight excluding hydrogens is 208 g/mol. The Balaban J connectivity index is 0.000000293. The summed E-state index contributed by atoms with van der Waals surface area (Å²) in [6.07, 6.45) is -0.0320. The molecule has 0 aromatic heterocycles. The Labute approximate surface area is 98.0 Å². The van der Waals surface area contributed by atoms with Gasteiger partial charge in [-0.3, -0.25) is 0 Å². The van der Waals surface area contributed by atoms with Gasteiger partial charge in [0, 0.05) is 13.5 Å². The SMILES string of the molecule is CC1C[NH+](C)C(C)N1C.CCCOC(=O)[O-]. The lowest BCUT2D eigenvalue weighted by molar-refractivity contribution is -0.896. The molecule has 1 rings (SSSR count). The Morgan fingerprint density at radius 2 is 2.12 bits per heavy atom. The summed E-state index contributed by atoms with van der Waals surface area (Å²) >= 11 is 0. The molecule has 3 unspecified atom stereocenters. The third kappa shape index (κ3) is 5.32. The molecule has 0 aromatic rings. The van der Waals surface area contributed by atoms with Crippen LogP contribution >= 0.6 is 0 Å². The highest BCUT2D eigenvalue weighted by molar-refractivity contribution is 5.53. The molecule has 0 saturated carbocycles. The second-order valence-electron chi connectivity index (χ2n) is 4.34. The third-order valence-corrected chi connectivity index (χ3v) is 3.06. The first-order chi connectivity index (χ1) is 7.40. The number of rotatable bonds is 2. The lowest BCUT2D eigenvalue weighted by Gasteiger charge is -2.17. The first-order valence-corrected chi connectivity index (χ1v) is 5.78. The number of nitrogens with one attached hydrogen (secondary N) is 1. The Morgan fingerprint density at radius 1 is 1.56 bits per heavy atom. The van der Waals surface area contributed by atoms with Crippen LogP contribution in [0.3, 0.4) is 0 Å². The van der Waals surface area contributed by atoms with Gasteiger partial charge in [-0.2, -0.15) is 0 Å². The van der Waals surface area contributed by atoms with E-state index in [1.54, 1.807) is 4.90 Å². The average molecular weight is 232 g/mol. The number of carbonyl (C=O) groups is 1. The molecule has 0 amide bonds. The van der Waals surface area contributed by atoms with E-state index in [0.29, 0.717) is 12.6 Å². The van der Waals surface area contributed by atoms with Crippen LogP contribution in [0.15, 0.2) is 0 Å². The summed E-state index contributed by atoms with van der Waals surface area (Å²) in [6.45, 7) is 7.91. The van der Waals surface area contributed by atoms with Crippen molar-refractivity contribution < 1.29 is 19.5 Å². The number of carbonyl (C=O) groups excluding carboxylic acids is 1. The summed E-state index contributed by atoms with van der Waals surface area (Å²) in [6, 6.07) is 0.764. The van der Waals surface area contributed by atoms with E-state index in [4.69, 9.17) is 0 Å². The Kier molecular flexibility index (Phi) is 7.08. The van der Waals surface area contributed by atoms with E-state index in [0.717, 1.165) is 6.04 Å². The molecule has 5 nitrogen and oxygen atoms in total. The zero-order valence-electron chi connectivity index (χ0n) is 10.9. The number of ether oxygens (including phenoxy) is 1. The molecule has 1 heterocycles. The summed E-state index contributed by atoms with van der Waals surface area (Å²) in [5.41, 5.74) is 0. The maximum atomic E-state index is 9.42. The number of quaternary nitrogens is 1. The van der Waals surface area contributed by atoms with Gasteiger partial charge in [0.05, 0.1) is 19.6 Å². The normalized spacial score (nSPS) is 29.4. The van der Waals surface area contributed by atoms with E-state index in [9.17, 15) is 9.90 Å². The van der Waals surface area contributed by atoms with Crippen molar-refractivity contribution in [3.8, 4) is 0 Å². The molecule has 96 valence electrons. The zero-order chi connectivity index (χ0) is 12.7. The lowest BCUT2D eigenvalue weighted by atomic mass is 10.3. The van der Waals surface area contributed by atoms with Gasteiger partial charge in [0.1, 0.15) is 6.17 Å². The Morgan fingerprint density at radius 3 is 2.25 bits per heavy atom. The van der Waals surface area contributed by atoms with Crippen molar-refractivity contribution in [2.45, 2.75) is 39.4 Å². The predicted molar refractivity (Wildman–Crippen MR) is 60.1 cm³/mol. The second-order valence-corrected chi connectivity index (χ2v) is 4.34. The second kappa shape index (κ2) is 7.46. The van der Waals surface area contributed by atoms with E-state index in [1.165, 1.54) is 6.54 Å². The topological polar surface area (TPSA) is 57.0 Å². The monoisotopic (exact) mass is 232 g/mol. The molecular formula is C11H24N2O3. The molecule has 0 aliphatic carbocycles. The predicted octanol–water partition coefficient (Wildman–Crippen LogP) is -1.06. The van der Waals surface area contributed by atoms with Gasteiger partial charge in [0.25, 0.3) is 6.16 Å². The fraction of sp³-hybridized carbons (Fsp3) is 0.909. The molecule has 1 saturated heterocycles. The van der Waals surface area contributed by atoms with E-state index in [-0.39, 0.29) is 6.61 Å². The molecule has 1 aliphatic rings. The van der Waals surface area contributed by atoms with E-state index in [1.807, 2.05) is 6.92 Å². The molecule has 1 fully saturated rings. The van der Waals surface area contributed by atoms with Crippen LogP contribution in [0.1, 0.15) is 27.2 Å². The van der Waals surface area contributed by atoms with Gasteiger partial charge in [-0.25, -0.2) is 4.90 Å². The number of nitrogens with zero attached hydrogens (tertiary/aromatic N) is 1. The molecule has 0 bridgehead atoms. The molecule has 16 heavy (non-hydrogen) atoms. The zero-order valence-corrected chi connectivity index (χ0v) is 10.9. The fourth-order valence-corrected chi connectivity index (χ4v) is 1.70. The summed E-state index contributed by atoms with van der Waals surface area (Å²) in [7, 11) is 4.45. The number of hydrogen-bond donors (Lipinski definition) is 1. The van der Waals surface area contributed by atoms with Crippen molar-refractivity contribution in [2.75, 3.05) is 27.2 Å². The van der Waals surface area contributed by atoms with Gasteiger partial charge < -0.3 is 19.5 Å². The highest BCUT2D eigenvalue weighted by Gasteiger charge is 2.31. The molecule has 1 aliphatic heterocycles. The van der Waals surface area contributed by atoms with Crippen LogP contribution in [0.2, 0.25) is 0 Å². The van der Waals surface area contributed by atoms with Crippen LogP contribution < -0.4 is 10.0 Å². The van der Waals surface area contributed by atoms with Gasteiger partial charge in [0.15, 0.2) is 0 Å². The number of hydrogen-bond acceptors (Lipinski definition) is 4. The number of carboxylic acid groups (broad SMARTS) is 1. The minimum atomic E-state index is -1.44. The fourth-order valence-electron chi connectivity index (χ4n) is 1.70. The average Bonchev–Trinajstić information content (AvgIpc) is 2.44. The highest BCUT2D eigenvalue weighted by Crippen LogP contribution is 2.00. The van der Waals surface area contributed by atoms with Crippen molar-refractivity contribution in [2.24, 2.45) is 0 Å². The van der Waals surface area contributed by atoms with Crippen molar-refractivity contribution in [3.05, 3.63) is 0 Å². The van der Waals surface area contributed by atoms with Crippen LogP contribution in [0, 0.1) is 0 Å². The Bertz CT molecular complexity index is 199. The van der Waals surface area contributed by atoms with Crippen LogP contribution in [-0.2, 0) is 4.74 Å². The first-order valence-electron chi connectivity index (χ1n) is 5.78. The van der Waals surface area contributed by atoms with Gasteiger partial charge in [-0.05, 0) is 20.4 Å².